The van der Waals surface area contributed by atoms with Crippen molar-refractivity contribution in [1.29, 1.82) is 0 Å². The monoisotopic (exact) mass is 347 g/mol. The van der Waals surface area contributed by atoms with Crippen molar-refractivity contribution in [1.82, 2.24) is 0 Å². The van der Waals surface area contributed by atoms with Gasteiger partial charge in [-0.05, 0) is 56.2 Å². The third kappa shape index (κ3) is 4.90. The van der Waals surface area contributed by atoms with Gasteiger partial charge in [-0.15, -0.1) is 0 Å². The molecule has 0 aliphatic carbocycles. The minimum absolute atomic E-state index is 0.110. The van der Waals surface area contributed by atoms with Crippen LogP contribution >= 0.6 is 11.6 Å². The third-order valence-corrected chi connectivity index (χ3v) is 3.84. The Morgan fingerprint density at radius 1 is 1.04 bits per heavy atom. The van der Waals surface area contributed by atoms with Crippen molar-refractivity contribution in [3.63, 3.8) is 0 Å². The zero-order valence-corrected chi connectivity index (χ0v) is 14.9. The highest BCUT2D eigenvalue weighted by atomic mass is 35.5. The lowest BCUT2D eigenvalue weighted by atomic mass is 10.1. The van der Waals surface area contributed by atoms with E-state index in [2.05, 4.69) is 5.32 Å². The highest BCUT2D eigenvalue weighted by Gasteiger charge is 2.10. The standard InChI is InChI=1S/C19H22ClNO3/c1-4-23-17-9-7-14(10-18(17)24-5-2)11-19(22)21-15-8-6-13(3)16(20)12-15/h6-10,12H,4-5,11H2,1-3H3,(H,21,22). The molecule has 0 heterocycles. The van der Waals surface area contributed by atoms with Gasteiger partial charge in [0.15, 0.2) is 11.5 Å². The molecule has 2 rings (SSSR count). The van der Waals surface area contributed by atoms with Gasteiger partial charge >= 0.3 is 0 Å². The molecular formula is C19H22ClNO3. The maximum Gasteiger partial charge on any atom is 0.228 e. The summed E-state index contributed by atoms with van der Waals surface area (Å²) >= 11 is 6.08. The van der Waals surface area contributed by atoms with Crippen LogP contribution in [0.4, 0.5) is 5.69 Å². The largest absolute Gasteiger partial charge is 0.490 e. The highest BCUT2D eigenvalue weighted by molar-refractivity contribution is 6.31. The maximum absolute atomic E-state index is 12.2. The van der Waals surface area contributed by atoms with E-state index in [1.807, 2.05) is 51.1 Å². The third-order valence-electron chi connectivity index (χ3n) is 3.43. The van der Waals surface area contributed by atoms with Crippen molar-refractivity contribution in [2.45, 2.75) is 27.2 Å². The van der Waals surface area contributed by atoms with Crippen LogP contribution < -0.4 is 14.8 Å². The van der Waals surface area contributed by atoms with Crippen molar-refractivity contribution < 1.29 is 14.3 Å². The first-order valence-corrected chi connectivity index (χ1v) is 8.35. The summed E-state index contributed by atoms with van der Waals surface area (Å²) in [6.45, 7) is 6.86. The van der Waals surface area contributed by atoms with E-state index >= 15 is 0 Å². The SMILES string of the molecule is CCOc1ccc(CC(=O)Nc2ccc(C)c(Cl)c2)cc1OCC. The Balaban J connectivity index is 2.07. The number of benzene rings is 2. The van der Waals surface area contributed by atoms with E-state index in [1.165, 1.54) is 0 Å². The molecule has 4 nitrogen and oxygen atoms in total. The Labute approximate surface area is 147 Å². The summed E-state index contributed by atoms with van der Waals surface area (Å²) in [5.41, 5.74) is 2.52. The first kappa shape index (κ1) is 18.1. The molecule has 5 heteroatoms. The van der Waals surface area contributed by atoms with Gasteiger partial charge in [0.05, 0.1) is 19.6 Å². The highest BCUT2D eigenvalue weighted by Crippen LogP contribution is 2.29. The smallest absolute Gasteiger partial charge is 0.228 e. The van der Waals surface area contributed by atoms with Crippen molar-refractivity contribution in [3.05, 3.63) is 52.5 Å². The van der Waals surface area contributed by atoms with E-state index in [4.69, 9.17) is 21.1 Å². The molecule has 0 aliphatic rings. The molecule has 0 unspecified atom stereocenters. The molecule has 1 N–H and O–H groups in total. The zero-order chi connectivity index (χ0) is 17.5. The Morgan fingerprint density at radius 2 is 1.75 bits per heavy atom. The van der Waals surface area contributed by atoms with E-state index in [0.29, 0.717) is 35.4 Å². The molecular weight excluding hydrogens is 326 g/mol. The number of anilines is 1. The second kappa shape index (κ2) is 8.60. The average molecular weight is 348 g/mol. The first-order chi connectivity index (χ1) is 11.5. The van der Waals surface area contributed by atoms with Crippen LogP contribution in [0.5, 0.6) is 11.5 Å². The van der Waals surface area contributed by atoms with Crippen molar-refractivity contribution in [2.24, 2.45) is 0 Å². The number of halogens is 1. The molecule has 0 spiro atoms. The molecule has 0 bridgehead atoms. The Kier molecular flexibility index (Phi) is 6.50. The summed E-state index contributed by atoms with van der Waals surface area (Å²) in [6.07, 6.45) is 0.248. The Bertz CT molecular complexity index is 716. The summed E-state index contributed by atoms with van der Waals surface area (Å²) in [5, 5.41) is 3.49. The molecule has 1 amide bonds. The summed E-state index contributed by atoms with van der Waals surface area (Å²) in [5.74, 6) is 1.23. The predicted molar refractivity (Wildman–Crippen MR) is 97.3 cm³/mol. The second-order valence-corrected chi connectivity index (χ2v) is 5.74. The average Bonchev–Trinajstić information content (AvgIpc) is 2.54. The van der Waals surface area contributed by atoms with Gasteiger partial charge in [-0.1, -0.05) is 23.7 Å². The molecule has 2 aromatic carbocycles. The quantitative estimate of drug-likeness (QED) is 0.794. The van der Waals surface area contributed by atoms with Gasteiger partial charge in [-0.25, -0.2) is 0 Å². The van der Waals surface area contributed by atoms with Gasteiger partial charge in [0.2, 0.25) is 5.91 Å². The lowest BCUT2D eigenvalue weighted by molar-refractivity contribution is -0.115. The molecule has 0 fully saturated rings. The van der Waals surface area contributed by atoms with Crippen LogP contribution in [-0.4, -0.2) is 19.1 Å². The molecule has 0 aromatic heterocycles. The van der Waals surface area contributed by atoms with Gasteiger partial charge < -0.3 is 14.8 Å². The number of carbonyl (C=O) groups excluding carboxylic acids is 1. The lowest BCUT2D eigenvalue weighted by Gasteiger charge is -2.12. The lowest BCUT2D eigenvalue weighted by Crippen LogP contribution is -2.14. The van der Waals surface area contributed by atoms with Crippen LogP contribution in [0, 0.1) is 6.92 Å². The Morgan fingerprint density at radius 3 is 2.42 bits per heavy atom. The van der Waals surface area contributed by atoms with E-state index in [-0.39, 0.29) is 12.3 Å². The molecule has 0 saturated carbocycles. The van der Waals surface area contributed by atoms with Gasteiger partial charge in [-0.2, -0.15) is 0 Å². The van der Waals surface area contributed by atoms with Crippen LogP contribution in [0.3, 0.4) is 0 Å². The summed E-state index contributed by atoms with van der Waals surface area (Å²) in [6, 6.07) is 11.0. The van der Waals surface area contributed by atoms with Crippen LogP contribution in [0.2, 0.25) is 5.02 Å². The number of hydrogen-bond donors (Lipinski definition) is 1. The molecule has 128 valence electrons. The summed E-state index contributed by atoms with van der Waals surface area (Å²) in [7, 11) is 0. The molecule has 0 radical (unpaired) electrons. The molecule has 0 saturated heterocycles. The van der Waals surface area contributed by atoms with E-state index in [0.717, 1.165) is 11.1 Å². The van der Waals surface area contributed by atoms with E-state index in [9.17, 15) is 4.79 Å². The van der Waals surface area contributed by atoms with Gasteiger partial charge in [0, 0.05) is 10.7 Å². The van der Waals surface area contributed by atoms with Crippen LogP contribution in [0.25, 0.3) is 0 Å². The topological polar surface area (TPSA) is 47.6 Å². The fraction of sp³-hybridized carbons (Fsp3) is 0.316. The van der Waals surface area contributed by atoms with Crippen LogP contribution in [0.1, 0.15) is 25.0 Å². The number of hydrogen-bond acceptors (Lipinski definition) is 3. The van der Waals surface area contributed by atoms with Gasteiger partial charge in [0.25, 0.3) is 0 Å². The minimum Gasteiger partial charge on any atom is -0.490 e. The molecule has 0 atom stereocenters. The predicted octanol–water partition coefficient (Wildman–Crippen LogP) is 4.63. The van der Waals surface area contributed by atoms with Crippen LogP contribution in [0.15, 0.2) is 36.4 Å². The normalized spacial score (nSPS) is 10.3. The van der Waals surface area contributed by atoms with Crippen molar-refractivity contribution in [2.75, 3.05) is 18.5 Å². The number of carbonyl (C=O) groups is 1. The molecule has 0 aliphatic heterocycles. The molecule has 2 aromatic rings. The fourth-order valence-corrected chi connectivity index (χ4v) is 2.45. The van der Waals surface area contributed by atoms with Gasteiger partial charge in [-0.3, -0.25) is 4.79 Å². The van der Waals surface area contributed by atoms with E-state index in [1.54, 1.807) is 6.07 Å². The number of nitrogens with one attached hydrogen (secondary N) is 1. The van der Waals surface area contributed by atoms with Crippen molar-refractivity contribution >= 4 is 23.2 Å². The fourth-order valence-electron chi connectivity index (χ4n) is 2.27. The number of ether oxygens (including phenoxy) is 2. The number of amides is 1. The Hall–Kier alpha value is -2.20. The van der Waals surface area contributed by atoms with Crippen LogP contribution in [-0.2, 0) is 11.2 Å². The van der Waals surface area contributed by atoms with E-state index < -0.39 is 0 Å². The zero-order valence-electron chi connectivity index (χ0n) is 14.2. The first-order valence-electron chi connectivity index (χ1n) is 7.98. The maximum atomic E-state index is 12.2. The number of rotatable bonds is 7. The summed E-state index contributed by atoms with van der Waals surface area (Å²) < 4.78 is 11.1. The van der Waals surface area contributed by atoms with Gasteiger partial charge in [0.1, 0.15) is 0 Å². The summed E-state index contributed by atoms with van der Waals surface area (Å²) in [4.78, 5) is 12.2. The van der Waals surface area contributed by atoms with Crippen molar-refractivity contribution in [3.8, 4) is 11.5 Å². The minimum atomic E-state index is -0.110. The molecule has 24 heavy (non-hydrogen) atoms. The second-order valence-electron chi connectivity index (χ2n) is 5.34. The number of aryl methyl sites for hydroxylation is 1.